The molecule has 0 aliphatic heterocycles. The molecule has 1 atom stereocenters. The highest BCUT2D eigenvalue weighted by Gasteiger charge is 2.15. The van der Waals surface area contributed by atoms with E-state index in [0.29, 0.717) is 25.2 Å². The van der Waals surface area contributed by atoms with E-state index in [1.807, 2.05) is 45.0 Å². The van der Waals surface area contributed by atoms with Crippen LogP contribution in [0, 0.1) is 6.92 Å². The van der Waals surface area contributed by atoms with Gasteiger partial charge in [0.15, 0.2) is 11.5 Å². The average molecular weight is 384 g/mol. The Morgan fingerprint density at radius 2 is 2.00 bits per heavy atom. The quantitative estimate of drug-likeness (QED) is 0.519. The Labute approximate surface area is 165 Å². The molecule has 5 N–H and O–H groups in total. The van der Waals surface area contributed by atoms with Crippen LogP contribution in [-0.2, 0) is 17.6 Å². The molecule has 0 fully saturated rings. The van der Waals surface area contributed by atoms with Crippen LogP contribution in [0.15, 0.2) is 24.3 Å². The van der Waals surface area contributed by atoms with Gasteiger partial charge in [-0.15, -0.1) is 0 Å². The van der Waals surface area contributed by atoms with Crippen molar-refractivity contribution < 1.29 is 9.59 Å². The van der Waals surface area contributed by atoms with Crippen LogP contribution in [0.5, 0.6) is 0 Å². The van der Waals surface area contributed by atoms with Crippen molar-refractivity contribution in [1.29, 1.82) is 0 Å². The van der Waals surface area contributed by atoms with Gasteiger partial charge >= 0.3 is 0 Å². The number of carbonyl (C=O) groups is 2. The number of hydrogen-bond donors (Lipinski definition) is 4. The van der Waals surface area contributed by atoms with Gasteiger partial charge in [0, 0.05) is 12.2 Å². The summed E-state index contributed by atoms with van der Waals surface area (Å²) in [6.45, 7) is 6.15. The summed E-state index contributed by atoms with van der Waals surface area (Å²) in [6, 6.07) is 7.47. The Hall–Kier alpha value is -3.00. The fraction of sp³-hybridized carbons (Fsp3) is 0.400. The number of aromatic nitrogens is 2. The Bertz CT molecular complexity index is 853. The summed E-state index contributed by atoms with van der Waals surface area (Å²) >= 11 is 0. The Morgan fingerprint density at radius 3 is 2.64 bits per heavy atom. The number of anilines is 2. The maximum absolute atomic E-state index is 11.8. The molecule has 0 unspecified atom stereocenters. The molecule has 2 amide bonds. The average Bonchev–Trinajstić information content (AvgIpc) is 2.67. The molecule has 8 heteroatoms. The molecule has 150 valence electrons. The lowest BCUT2D eigenvalue weighted by atomic mass is 10.1. The van der Waals surface area contributed by atoms with E-state index in [1.54, 1.807) is 7.05 Å². The molecule has 8 nitrogen and oxygen atoms in total. The molecule has 0 bridgehead atoms. The van der Waals surface area contributed by atoms with Crippen molar-refractivity contribution in [3.63, 3.8) is 0 Å². The number of benzene rings is 1. The van der Waals surface area contributed by atoms with E-state index in [-0.39, 0.29) is 17.6 Å². The molecule has 0 saturated heterocycles. The topological polar surface area (TPSA) is 122 Å². The van der Waals surface area contributed by atoms with Crippen molar-refractivity contribution >= 4 is 23.3 Å². The number of primary amides is 1. The van der Waals surface area contributed by atoms with Crippen molar-refractivity contribution in [1.82, 2.24) is 20.6 Å². The van der Waals surface area contributed by atoms with E-state index in [2.05, 4.69) is 25.9 Å². The van der Waals surface area contributed by atoms with Gasteiger partial charge in [-0.3, -0.25) is 9.59 Å². The van der Waals surface area contributed by atoms with Crippen LogP contribution in [0.25, 0.3) is 0 Å². The predicted molar refractivity (Wildman–Crippen MR) is 110 cm³/mol. The molecular weight excluding hydrogens is 356 g/mol. The fourth-order valence-corrected chi connectivity index (χ4v) is 2.70. The van der Waals surface area contributed by atoms with Gasteiger partial charge in [-0.05, 0) is 51.4 Å². The first kappa shape index (κ1) is 21.3. The van der Waals surface area contributed by atoms with Crippen LogP contribution in [0.4, 0.5) is 11.5 Å². The van der Waals surface area contributed by atoms with Crippen molar-refractivity contribution in [3.8, 4) is 0 Å². The molecule has 0 spiro atoms. The molecular formula is C20H28N6O2. The van der Waals surface area contributed by atoms with Crippen LogP contribution in [0.2, 0.25) is 0 Å². The number of aryl methyl sites for hydroxylation is 2. The van der Waals surface area contributed by atoms with Gasteiger partial charge in [-0.2, -0.15) is 0 Å². The first-order chi connectivity index (χ1) is 13.3. The van der Waals surface area contributed by atoms with Gasteiger partial charge in [-0.1, -0.05) is 19.1 Å². The lowest BCUT2D eigenvalue weighted by Crippen LogP contribution is -2.41. The summed E-state index contributed by atoms with van der Waals surface area (Å²) in [6.07, 6.45) is 1.35. The number of rotatable bonds is 9. The Kier molecular flexibility index (Phi) is 7.45. The fourth-order valence-electron chi connectivity index (χ4n) is 2.70. The second-order valence-corrected chi connectivity index (χ2v) is 6.55. The van der Waals surface area contributed by atoms with Crippen LogP contribution in [0.1, 0.15) is 41.3 Å². The highest BCUT2D eigenvalue weighted by Crippen LogP contribution is 2.20. The van der Waals surface area contributed by atoms with E-state index in [4.69, 9.17) is 5.73 Å². The number of nitrogens with two attached hydrogens (primary N) is 1. The second-order valence-electron chi connectivity index (χ2n) is 6.55. The zero-order valence-corrected chi connectivity index (χ0v) is 16.8. The summed E-state index contributed by atoms with van der Waals surface area (Å²) in [5.74, 6) is -0.317. The summed E-state index contributed by atoms with van der Waals surface area (Å²) in [5.41, 5.74) is 8.92. The molecule has 2 rings (SSSR count). The number of hydrogen-bond acceptors (Lipinski definition) is 6. The minimum absolute atomic E-state index is 0.0374. The van der Waals surface area contributed by atoms with E-state index >= 15 is 0 Å². The summed E-state index contributed by atoms with van der Waals surface area (Å²) < 4.78 is 0. The molecule has 1 aromatic heterocycles. The minimum atomic E-state index is -0.623. The number of amides is 2. The third-order valence-corrected chi connectivity index (χ3v) is 4.47. The predicted octanol–water partition coefficient (Wildman–Crippen LogP) is 1.46. The smallest absolute Gasteiger partial charge is 0.271 e. The SMILES string of the molecule is CCc1nc(C(N)=O)c(Nc2cccc(CCNC(=O)[C@@H](C)NC)c2)nc1C. The minimum Gasteiger partial charge on any atom is -0.364 e. The molecule has 0 radical (unpaired) electrons. The molecule has 2 aromatic rings. The zero-order chi connectivity index (χ0) is 20.7. The number of nitrogens with one attached hydrogen (secondary N) is 3. The maximum atomic E-state index is 11.8. The zero-order valence-electron chi connectivity index (χ0n) is 16.8. The van der Waals surface area contributed by atoms with Crippen molar-refractivity contribution in [3.05, 3.63) is 46.9 Å². The van der Waals surface area contributed by atoms with Gasteiger partial charge in [0.2, 0.25) is 5.91 Å². The first-order valence-corrected chi connectivity index (χ1v) is 9.34. The van der Waals surface area contributed by atoms with Gasteiger partial charge in [-0.25, -0.2) is 9.97 Å². The van der Waals surface area contributed by atoms with Crippen molar-refractivity contribution in [2.75, 3.05) is 18.9 Å². The van der Waals surface area contributed by atoms with Crippen LogP contribution >= 0.6 is 0 Å². The van der Waals surface area contributed by atoms with Crippen LogP contribution in [-0.4, -0.2) is 41.4 Å². The monoisotopic (exact) mass is 384 g/mol. The van der Waals surface area contributed by atoms with Crippen molar-refractivity contribution in [2.24, 2.45) is 5.73 Å². The molecule has 28 heavy (non-hydrogen) atoms. The summed E-state index contributed by atoms with van der Waals surface area (Å²) in [5, 5.41) is 8.94. The van der Waals surface area contributed by atoms with Gasteiger partial charge in [0.25, 0.3) is 5.91 Å². The van der Waals surface area contributed by atoms with Crippen LogP contribution < -0.4 is 21.7 Å². The summed E-state index contributed by atoms with van der Waals surface area (Å²) in [7, 11) is 1.75. The Morgan fingerprint density at radius 1 is 1.25 bits per heavy atom. The number of likely N-dealkylation sites (N-methyl/N-ethyl adjacent to an activating group) is 1. The normalized spacial score (nSPS) is 11.7. The summed E-state index contributed by atoms with van der Waals surface area (Å²) in [4.78, 5) is 32.4. The molecule has 0 aliphatic carbocycles. The molecule has 1 aromatic carbocycles. The van der Waals surface area contributed by atoms with Crippen LogP contribution in [0.3, 0.4) is 0 Å². The first-order valence-electron chi connectivity index (χ1n) is 9.34. The van der Waals surface area contributed by atoms with E-state index in [9.17, 15) is 9.59 Å². The lowest BCUT2D eigenvalue weighted by Gasteiger charge is -2.13. The molecule has 0 saturated carbocycles. The largest absolute Gasteiger partial charge is 0.364 e. The second kappa shape index (κ2) is 9.80. The van der Waals surface area contributed by atoms with Gasteiger partial charge in [0.1, 0.15) is 0 Å². The molecule has 0 aliphatic rings. The molecule has 1 heterocycles. The van der Waals surface area contributed by atoms with E-state index < -0.39 is 5.91 Å². The maximum Gasteiger partial charge on any atom is 0.271 e. The van der Waals surface area contributed by atoms with Gasteiger partial charge < -0.3 is 21.7 Å². The highest BCUT2D eigenvalue weighted by atomic mass is 16.2. The number of carbonyl (C=O) groups excluding carboxylic acids is 2. The third kappa shape index (κ3) is 5.50. The van der Waals surface area contributed by atoms with Gasteiger partial charge in [0.05, 0.1) is 17.4 Å². The lowest BCUT2D eigenvalue weighted by molar-refractivity contribution is -0.122. The highest BCUT2D eigenvalue weighted by molar-refractivity contribution is 5.96. The Balaban J connectivity index is 2.12. The van der Waals surface area contributed by atoms with E-state index in [1.165, 1.54) is 0 Å². The van der Waals surface area contributed by atoms with E-state index in [0.717, 1.165) is 22.6 Å². The standard InChI is InChI=1S/C20H28N6O2/c1-5-16-12(2)24-19(17(26-16)18(21)27)25-15-8-6-7-14(11-15)9-10-23-20(28)13(3)22-4/h6-8,11,13,22H,5,9-10H2,1-4H3,(H2,21,27)(H,23,28)(H,24,25)/t13-/m1/s1. The third-order valence-electron chi connectivity index (χ3n) is 4.47. The number of nitrogens with zero attached hydrogens (tertiary/aromatic N) is 2. The van der Waals surface area contributed by atoms with Crippen molar-refractivity contribution in [2.45, 2.75) is 39.7 Å².